The molecule has 0 aliphatic heterocycles. The maximum Gasteiger partial charge on any atom is 0.0541 e. The van der Waals surface area contributed by atoms with Gasteiger partial charge >= 0.3 is 0 Å². The first-order chi connectivity index (χ1) is 28.3. The number of aromatic nitrogens is 1. The minimum Gasteiger partial charge on any atom is -0.310 e. The summed E-state index contributed by atoms with van der Waals surface area (Å²) in [6.45, 7) is 0. The number of thiophene rings is 1. The highest BCUT2D eigenvalue weighted by Gasteiger charge is 2.19. The molecule has 57 heavy (non-hydrogen) atoms. The van der Waals surface area contributed by atoms with Gasteiger partial charge in [0, 0.05) is 53.6 Å². The summed E-state index contributed by atoms with van der Waals surface area (Å²) in [7, 11) is 0. The third-order valence-corrected chi connectivity index (χ3v) is 12.9. The summed E-state index contributed by atoms with van der Waals surface area (Å²) in [6.07, 6.45) is 0. The van der Waals surface area contributed by atoms with E-state index in [-0.39, 0.29) is 0 Å². The topological polar surface area (TPSA) is 8.17 Å². The van der Waals surface area contributed by atoms with Crippen LogP contribution in [0.5, 0.6) is 0 Å². The molecule has 0 fully saturated rings. The van der Waals surface area contributed by atoms with Crippen LogP contribution in [0.25, 0.3) is 91.1 Å². The van der Waals surface area contributed by atoms with Gasteiger partial charge in [0.25, 0.3) is 0 Å². The summed E-state index contributed by atoms with van der Waals surface area (Å²) in [5.74, 6) is 0. The Labute approximate surface area is 333 Å². The largest absolute Gasteiger partial charge is 0.310 e. The minimum absolute atomic E-state index is 1.11. The molecule has 0 aliphatic rings. The highest BCUT2D eigenvalue weighted by Crippen LogP contribution is 2.44. The summed E-state index contributed by atoms with van der Waals surface area (Å²) in [5.41, 5.74) is 9.32. The van der Waals surface area contributed by atoms with E-state index in [1.54, 1.807) is 0 Å². The lowest BCUT2D eigenvalue weighted by molar-refractivity contribution is 1.18. The van der Waals surface area contributed by atoms with Crippen molar-refractivity contribution in [2.24, 2.45) is 0 Å². The smallest absolute Gasteiger partial charge is 0.0541 e. The van der Waals surface area contributed by atoms with Crippen LogP contribution in [-0.4, -0.2) is 4.57 Å². The van der Waals surface area contributed by atoms with Gasteiger partial charge in [0.05, 0.1) is 16.7 Å². The van der Waals surface area contributed by atoms with Gasteiger partial charge in [0.2, 0.25) is 0 Å². The number of hydrogen-bond donors (Lipinski definition) is 0. The molecule has 0 spiro atoms. The molecule has 0 amide bonds. The van der Waals surface area contributed by atoms with E-state index in [0.717, 1.165) is 17.1 Å². The lowest BCUT2D eigenvalue weighted by atomic mass is 9.94. The summed E-state index contributed by atoms with van der Waals surface area (Å²) in [6, 6.07) is 75.8. The molecule has 10 aromatic carbocycles. The van der Waals surface area contributed by atoms with Gasteiger partial charge in [0.1, 0.15) is 0 Å². The van der Waals surface area contributed by atoms with Gasteiger partial charge in [-0.2, -0.15) is 0 Å². The summed E-state index contributed by atoms with van der Waals surface area (Å²) >= 11 is 1.86. The number of para-hydroxylation sites is 3. The molecule has 266 valence electrons. The van der Waals surface area contributed by atoms with Crippen LogP contribution in [0.15, 0.2) is 206 Å². The molecule has 12 aromatic rings. The second kappa shape index (κ2) is 12.7. The van der Waals surface area contributed by atoms with Crippen molar-refractivity contribution in [2.45, 2.75) is 0 Å². The van der Waals surface area contributed by atoms with Crippen LogP contribution in [0.2, 0.25) is 0 Å². The van der Waals surface area contributed by atoms with Crippen molar-refractivity contribution in [2.75, 3.05) is 4.90 Å². The zero-order valence-electron chi connectivity index (χ0n) is 30.9. The van der Waals surface area contributed by atoms with Crippen LogP contribution < -0.4 is 4.90 Å². The summed E-state index contributed by atoms with van der Waals surface area (Å²) in [4.78, 5) is 2.43. The van der Waals surface area contributed by atoms with E-state index in [0.29, 0.717) is 0 Å². The van der Waals surface area contributed by atoms with Crippen molar-refractivity contribution in [1.82, 2.24) is 4.57 Å². The molecule has 0 N–H and O–H groups in total. The molecule has 12 rings (SSSR count). The van der Waals surface area contributed by atoms with Gasteiger partial charge in [-0.3, -0.25) is 0 Å². The molecule has 2 aromatic heterocycles. The molecule has 0 bridgehead atoms. The van der Waals surface area contributed by atoms with Crippen molar-refractivity contribution in [3.05, 3.63) is 206 Å². The van der Waals surface area contributed by atoms with Crippen LogP contribution in [0, 0.1) is 0 Å². The number of nitrogens with zero attached hydrogens (tertiary/aromatic N) is 2. The first-order valence-corrected chi connectivity index (χ1v) is 20.3. The monoisotopic (exact) mass is 742 g/mol. The Morgan fingerprint density at radius 1 is 0.316 bits per heavy atom. The number of rotatable bonds is 5. The van der Waals surface area contributed by atoms with Crippen LogP contribution in [0.3, 0.4) is 0 Å². The lowest BCUT2D eigenvalue weighted by Gasteiger charge is -2.27. The lowest BCUT2D eigenvalue weighted by Crippen LogP contribution is -2.10. The normalized spacial score (nSPS) is 11.9. The highest BCUT2D eigenvalue weighted by atomic mass is 32.1. The number of fused-ring (bicyclic) bond motifs is 12. The molecular weight excluding hydrogens is 709 g/mol. The van der Waals surface area contributed by atoms with Crippen molar-refractivity contribution in [1.29, 1.82) is 0 Å². The maximum atomic E-state index is 2.43. The van der Waals surface area contributed by atoms with Crippen LogP contribution in [0.1, 0.15) is 0 Å². The Morgan fingerprint density at radius 3 is 1.44 bits per heavy atom. The molecule has 2 heterocycles. The predicted octanol–water partition coefficient (Wildman–Crippen LogP) is 15.7. The SMILES string of the molecule is c1ccc(-n2c3ccccc3c3ccccc32)c(-c2ccc(N(c3ccc4sc5ccccc5c4c3)c3ccc4c5ccccc5c5ccccc5c4c3)cc2)c1. The molecular formula is C54H34N2S. The summed E-state index contributed by atoms with van der Waals surface area (Å²) < 4.78 is 5.03. The van der Waals surface area contributed by atoms with Gasteiger partial charge in [-0.25, -0.2) is 0 Å². The second-order valence-electron chi connectivity index (χ2n) is 14.9. The quantitative estimate of drug-likeness (QED) is 0.159. The number of anilines is 3. The highest BCUT2D eigenvalue weighted by molar-refractivity contribution is 7.25. The van der Waals surface area contributed by atoms with Gasteiger partial charge < -0.3 is 9.47 Å². The van der Waals surface area contributed by atoms with Crippen LogP contribution in [0.4, 0.5) is 17.1 Å². The molecule has 2 nitrogen and oxygen atoms in total. The Kier molecular flexibility index (Phi) is 7.13. The molecule has 0 atom stereocenters. The number of benzene rings is 10. The van der Waals surface area contributed by atoms with E-state index < -0.39 is 0 Å². The molecule has 0 saturated heterocycles. The first-order valence-electron chi connectivity index (χ1n) is 19.5. The fraction of sp³-hybridized carbons (Fsp3) is 0. The first kappa shape index (κ1) is 32.1. The third-order valence-electron chi connectivity index (χ3n) is 11.8. The molecule has 0 saturated carbocycles. The van der Waals surface area contributed by atoms with Crippen LogP contribution >= 0.6 is 11.3 Å². The Balaban J connectivity index is 1.05. The van der Waals surface area contributed by atoms with Crippen molar-refractivity contribution < 1.29 is 0 Å². The maximum absolute atomic E-state index is 2.43. The van der Waals surface area contributed by atoms with E-state index in [2.05, 4.69) is 216 Å². The summed E-state index contributed by atoms with van der Waals surface area (Å²) in [5, 5.41) is 12.7. The third kappa shape index (κ3) is 4.96. The fourth-order valence-electron chi connectivity index (χ4n) is 9.22. The van der Waals surface area contributed by atoms with Crippen molar-refractivity contribution in [3.63, 3.8) is 0 Å². The van der Waals surface area contributed by atoms with E-state index >= 15 is 0 Å². The van der Waals surface area contributed by atoms with E-state index in [4.69, 9.17) is 0 Å². The molecule has 0 aliphatic carbocycles. The average Bonchev–Trinajstić information content (AvgIpc) is 3.82. The Bertz CT molecular complexity index is 3450. The predicted molar refractivity (Wildman–Crippen MR) is 246 cm³/mol. The zero-order valence-corrected chi connectivity index (χ0v) is 31.7. The van der Waals surface area contributed by atoms with Gasteiger partial charge in [-0.1, -0.05) is 140 Å². The van der Waals surface area contributed by atoms with Gasteiger partial charge in [0.15, 0.2) is 0 Å². The minimum atomic E-state index is 1.11. The fourth-order valence-corrected chi connectivity index (χ4v) is 10.3. The Hall–Kier alpha value is -7.20. The van der Waals surface area contributed by atoms with E-state index in [1.807, 2.05) is 11.3 Å². The molecule has 0 radical (unpaired) electrons. The number of hydrogen-bond acceptors (Lipinski definition) is 2. The van der Waals surface area contributed by atoms with Crippen molar-refractivity contribution >= 4 is 103 Å². The van der Waals surface area contributed by atoms with Gasteiger partial charge in [-0.15, -0.1) is 11.3 Å². The van der Waals surface area contributed by atoms with Gasteiger partial charge in [-0.05, 0) is 105 Å². The van der Waals surface area contributed by atoms with Crippen LogP contribution in [-0.2, 0) is 0 Å². The van der Waals surface area contributed by atoms with E-state index in [9.17, 15) is 0 Å². The van der Waals surface area contributed by atoms with E-state index in [1.165, 1.54) is 91.1 Å². The molecule has 3 heteroatoms. The zero-order chi connectivity index (χ0) is 37.5. The van der Waals surface area contributed by atoms with Crippen molar-refractivity contribution in [3.8, 4) is 16.8 Å². The standard InChI is InChI=1S/C54H34N2S/c1-2-16-42-40(14-1)41-15-3-4-17-43(41)48-33-37(29-31-44(42)48)55(38-30-32-54-49(34-38)47-20-8-12-24-53(47)57-54)36-27-25-35(26-28-36)39-13-5-9-21-50(39)56-51-22-10-6-18-45(51)46-19-7-11-23-52(46)56/h1-34H. The average molecular weight is 743 g/mol. The second-order valence-corrected chi connectivity index (χ2v) is 16.0. The Morgan fingerprint density at radius 2 is 0.772 bits per heavy atom. The molecule has 0 unspecified atom stereocenters.